The molecule has 3 nitrogen and oxygen atoms in total. The highest BCUT2D eigenvalue weighted by Crippen LogP contribution is 2.12. The largest absolute Gasteiger partial charge is 0.378 e. The number of nitriles is 1. The highest BCUT2D eigenvalue weighted by molar-refractivity contribution is 4.89. The fourth-order valence-electron chi connectivity index (χ4n) is 1.71. The lowest BCUT2D eigenvalue weighted by Crippen LogP contribution is -2.33. The average molecular weight is 240 g/mol. The second kappa shape index (κ2) is 11.9. The molecule has 0 aromatic rings. The molecular formula is C14H28N2O. The van der Waals surface area contributed by atoms with Crippen molar-refractivity contribution < 1.29 is 4.74 Å². The van der Waals surface area contributed by atoms with Gasteiger partial charge in [-0.05, 0) is 25.3 Å². The monoisotopic (exact) mass is 240 g/mol. The Bertz CT molecular complexity index is 201. The van der Waals surface area contributed by atoms with Gasteiger partial charge in [0.2, 0.25) is 0 Å². The molecule has 2 unspecified atom stereocenters. The van der Waals surface area contributed by atoms with Gasteiger partial charge in [0, 0.05) is 6.61 Å². The summed E-state index contributed by atoms with van der Waals surface area (Å²) in [5, 5.41) is 12.1. The van der Waals surface area contributed by atoms with Gasteiger partial charge in [-0.2, -0.15) is 5.26 Å². The molecule has 0 aliphatic heterocycles. The maximum Gasteiger partial charge on any atom is 0.119 e. The van der Waals surface area contributed by atoms with Gasteiger partial charge in [-0.15, -0.1) is 0 Å². The maximum atomic E-state index is 8.92. The van der Waals surface area contributed by atoms with Gasteiger partial charge < -0.3 is 10.1 Å². The Morgan fingerprint density at radius 1 is 1.18 bits per heavy atom. The average Bonchev–Trinajstić information content (AvgIpc) is 2.37. The summed E-state index contributed by atoms with van der Waals surface area (Å²) in [7, 11) is 0. The Morgan fingerprint density at radius 3 is 2.47 bits per heavy atom. The first-order chi connectivity index (χ1) is 8.28. The van der Waals surface area contributed by atoms with E-state index in [0.29, 0.717) is 12.5 Å². The lowest BCUT2D eigenvalue weighted by atomic mass is 10.0. The molecule has 0 aromatic heterocycles. The third-order valence-corrected chi connectivity index (χ3v) is 2.98. The van der Waals surface area contributed by atoms with Crippen molar-refractivity contribution in [1.82, 2.24) is 5.32 Å². The first-order valence-corrected chi connectivity index (χ1v) is 6.99. The molecule has 0 heterocycles. The van der Waals surface area contributed by atoms with E-state index in [2.05, 4.69) is 32.2 Å². The minimum Gasteiger partial charge on any atom is -0.378 e. The smallest absolute Gasteiger partial charge is 0.119 e. The van der Waals surface area contributed by atoms with Crippen molar-refractivity contribution in [2.24, 2.45) is 5.92 Å². The molecule has 1 N–H and O–H groups in total. The predicted octanol–water partition coefficient (Wildman–Crippen LogP) is 3.11. The Labute approximate surface area is 107 Å². The molecule has 0 aliphatic carbocycles. The van der Waals surface area contributed by atoms with Crippen molar-refractivity contribution in [1.29, 1.82) is 5.26 Å². The number of unbranched alkanes of at least 4 members (excludes halogenated alkanes) is 1. The standard InChI is InChI=1S/C14H28N2O/c1-4-7-8-13(6-3)11-17-12-14(10-15)16-9-5-2/h13-14,16H,4-9,11-12H2,1-3H3. The van der Waals surface area contributed by atoms with Crippen molar-refractivity contribution in [2.75, 3.05) is 19.8 Å². The highest BCUT2D eigenvalue weighted by Gasteiger charge is 2.09. The minimum atomic E-state index is -0.154. The van der Waals surface area contributed by atoms with Crippen molar-refractivity contribution >= 4 is 0 Å². The molecule has 0 aromatic carbocycles. The van der Waals surface area contributed by atoms with E-state index in [4.69, 9.17) is 10.00 Å². The second-order valence-corrected chi connectivity index (χ2v) is 4.59. The van der Waals surface area contributed by atoms with Crippen LogP contribution in [-0.2, 0) is 4.74 Å². The number of hydrogen-bond acceptors (Lipinski definition) is 3. The van der Waals surface area contributed by atoms with E-state index < -0.39 is 0 Å². The van der Waals surface area contributed by atoms with Gasteiger partial charge in [-0.25, -0.2) is 0 Å². The molecule has 0 aliphatic rings. The summed E-state index contributed by atoms with van der Waals surface area (Å²) in [5.74, 6) is 0.653. The van der Waals surface area contributed by atoms with Gasteiger partial charge in [-0.3, -0.25) is 0 Å². The van der Waals surface area contributed by atoms with Gasteiger partial charge >= 0.3 is 0 Å². The van der Waals surface area contributed by atoms with Crippen LogP contribution >= 0.6 is 0 Å². The van der Waals surface area contributed by atoms with Crippen LogP contribution in [0.25, 0.3) is 0 Å². The van der Waals surface area contributed by atoms with E-state index in [1.165, 1.54) is 25.7 Å². The summed E-state index contributed by atoms with van der Waals surface area (Å²) in [6, 6.07) is 2.08. The molecule has 0 radical (unpaired) electrons. The third kappa shape index (κ3) is 9.14. The third-order valence-electron chi connectivity index (χ3n) is 2.98. The Balaban J connectivity index is 3.66. The zero-order chi connectivity index (χ0) is 12.9. The molecule has 0 fully saturated rings. The van der Waals surface area contributed by atoms with Crippen LogP contribution in [-0.4, -0.2) is 25.8 Å². The van der Waals surface area contributed by atoms with Crippen LogP contribution in [0.5, 0.6) is 0 Å². The maximum absolute atomic E-state index is 8.92. The molecular weight excluding hydrogens is 212 g/mol. The Kier molecular flexibility index (Phi) is 11.5. The second-order valence-electron chi connectivity index (χ2n) is 4.59. The summed E-state index contributed by atoms with van der Waals surface area (Å²) in [6.45, 7) is 8.71. The molecule has 0 rings (SSSR count). The topological polar surface area (TPSA) is 45.0 Å². The van der Waals surface area contributed by atoms with Gasteiger partial charge in [-0.1, -0.05) is 40.0 Å². The number of rotatable bonds is 11. The van der Waals surface area contributed by atoms with Gasteiger partial charge in [0.25, 0.3) is 0 Å². The van der Waals surface area contributed by atoms with Crippen molar-refractivity contribution in [3.8, 4) is 6.07 Å². The molecule has 100 valence electrons. The van der Waals surface area contributed by atoms with Crippen molar-refractivity contribution in [3.05, 3.63) is 0 Å². The predicted molar refractivity (Wildman–Crippen MR) is 71.8 cm³/mol. The molecule has 2 atom stereocenters. The Morgan fingerprint density at radius 2 is 1.94 bits per heavy atom. The fraction of sp³-hybridized carbons (Fsp3) is 0.929. The summed E-state index contributed by atoms with van der Waals surface area (Å²) >= 11 is 0. The van der Waals surface area contributed by atoms with E-state index in [0.717, 1.165) is 19.6 Å². The van der Waals surface area contributed by atoms with E-state index in [-0.39, 0.29) is 6.04 Å². The molecule has 3 heteroatoms. The molecule has 0 saturated carbocycles. The Hall–Kier alpha value is -0.590. The van der Waals surface area contributed by atoms with E-state index >= 15 is 0 Å². The van der Waals surface area contributed by atoms with Gasteiger partial charge in [0.15, 0.2) is 0 Å². The summed E-state index contributed by atoms with van der Waals surface area (Å²) in [6.07, 6.45) is 5.98. The fourth-order valence-corrected chi connectivity index (χ4v) is 1.71. The lowest BCUT2D eigenvalue weighted by Gasteiger charge is -2.16. The first-order valence-electron chi connectivity index (χ1n) is 6.99. The van der Waals surface area contributed by atoms with Crippen LogP contribution < -0.4 is 5.32 Å². The zero-order valence-electron chi connectivity index (χ0n) is 11.7. The molecule has 0 amide bonds. The SMILES string of the molecule is CCCCC(CC)COCC(C#N)NCCC. The summed E-state index contributed by atoms with van der Waals surface area (Å²) in [4.78, 5) is 0. The van der Waals surface area contributed by atoms with Crippen LogP contribution in [0.1, 0.15) is 52.9 Å². The first kappa shape index (κ1) is 16.4. The van der Waals surface area contributed by atoms with E-state index in [1.807, 2.05) is 0 Å². The number of ether oxygens (including phenoxy) is 1. The van der Waals surface area contributed by atoms with Crippen LogP contribution in [0.3, 0.4) is 0 Å². The van der Waals surface area contributed by atoms with Crippen LogP contribution in [0.4, 0.5) is 0 Å². The van der Waals surface area contributed by atoms with E-state index in [9.17, 15) is 0 Å². The quantitative estimate of drug-likeness (QED) is 0.603. The number of hydrogen-bond donors (Lipinski definition) is 1. The number of nitrogens with one attached hydrogen (secondary N) is 1. The van der Waals surface area contributed by atoms with Crippen LogP contribution in [0, 0.1) is 17.2 Å². The molecule has 0 bridgehead atoms. The summed E-state index contributed by atoms with van der Waals surface area (Å²) in [5.41, 5.74) is 0. The van der Waals surface area contributed by atoms with Crippen LogP contribution in [0.2, 0.25) is 0 Å². The van der Waals surface area contributed by atoms with E-state index in [1.54, 1.807) is 0 Å². The van der Waals surface area contributed by atoms with Crippen molar-refractivity contribution in [2.45, 2.75) is 58.9 Å². The zero-order valence-corrected chi connectivity index (χ0v) is 11.7. The molecule has 0 saturated heterocycles. The minimum absolute atomic E-state index is 0.154. The van der Waals surface area contributed by atoms with Gasteiger partial charge in [0.05, 0.1) is 12.7 Å². The molecule has 17 heavy (non-hydrogen) atoms. The summed E-state index contributed by atoms with van der Waals surface area (Å²) < 4.78 is 5.65. The highest BCUT2D eigenvalue weighted by atomic mass is 16.5. The normalized spacial score (nSPS) is 14.2. The molecule has 0 spiro atoms. The number of nitrogens with zero attached hydrogens (tertiary/aromatic N) is 1. The van der Waals surface area contributed by atoms with Crippen molar-refractivity contribution in [3.63, 3.8) is 0 Å². The van der Waals surface area contributed by atoms with Crippen LogP contribution in [0.15, 0.2) is 0 Å². The van der Waals surface area contributed by atoms with Gasteiger partial charge in [0.1, 0.15) is 6.04 Å². The lowest BCUT2D eigenvalue weighted by molar-refractivity contribution is 0.0859.